The van der Waals surface area contributed by atoms with Crippen molar-refractivity contribution in [2.45, 2.75) is 71.1 Å². The highest BCUT2D eigenvalue weighted by Gasteiger charge is 2.30. The smallest absolute Gasteiger partial charge is 0.339 e. The summed E-state index contributed by atoms with van der Waals surface area (Å²) in [5.41, 5.74) is -0.674. The lowest BCUT2D eigenvalue weighted by Crippen LogP contribution is -2.41. The zero-order chi connectivity index (χ0) is 25.9. The number of benzene rings is 1. The Morgan fingerprint density at radius 1 is 1.03 bits per heavy atom. The molecule has 3 heterocycles. The Morgan fingerprint density at radius 2 is 1.72 bits per heavy atom. The van der Waals surface area contributed by atoms with Crippen LogP contribution >= 0.6 is 11.6 Å². The maximum absolute atomic E-state index is 13.1. The second kappa shape index (κ2) is 10.8. The number of aromatic nitrogens is 4. The number of hydrogen-bond donors (Lipinski definition) is 0. The van der Waals surface area contributed by atoms with E-state index in [4.69, 9.17) is 16.1 Å². The standard InChI is InChI=1S/C24H25ClF3N5O3/c1-2-3-5-12-32-21-17(14-18(25)29-21)22(34)33(23(32)35)13-6-4-7-19-30-20(31-36-19)15-8-10-16(11-9-15)24(26,27)28/h8-11H,2-7,12-14H2,1H3. The van der Waals surface area contributed by atoms with Crippen molar-refractivity contribution in [2.24, 2.45) is 4.99 Å². The van der Waals surface area contributed by atoms with E-state index in [0.717, 1.165) is 31.4 Å². The van der Waals surface area contributed by atoms with Crippen LogP contribution in [-0.4, -0.2) is 24.4 Å². The predicted octanol–water partition coefficient (Wildman–Crippen LogP) is 5.12. The van der Waals surface area contributed by atoms with E-state index < -0.39 is 17.4 Å². The van der Waals surface area contributed by atoms with E-state index in [1.54, 1.807) is 0 Å². The number of halogens is 4. The van der Waals surface area contributed by atoms with Crippen LogP contribution in [0.4, 0.5) is 19.0 Å². The van der Waals surface area contributed by atoms with Crippen molar-refractivity contribution in [1.29, 1.82) is 0 Å². The van der Waals surface area contributed by atoms with Gasteiger partial charge in [0.1, 0.15) is 11.0 Å². The van der Waals surface area contributed by atoms with Crippen LogP contribution in [0.1, 0.15) is 56.0 Å². The minimum absolute atomic E-state index is 0.195. The van der Waals surface area contributed by atoms with Crippen LogP contribution in [0.5, 0.6) is 0 Å². The molecule has 4 rings (SSSR count). The number of alkyl halides is 3. The number of fused-ring (bicyclic) bond motifs is 1. The number of aliphatic imine (C=N–C) groups is 1. The molecular weight excluding hydrogens is 499 g/mol. The van der Waals surface area contributed by atoms with Crippen LogP contribution in [0.25, 0.3) is 11.4 Å². The van der Waals surface area contributed by atoms with Gasteiger partial charge in [-0.1, -0.05) is 48.7 Å². The van der Waals surface area contributed by atoms with Crippen molar-refractivity contribution >= 4 is 22.6 Å². The van der Waals surface area contributed by atoms with Gasteiger partial charge in [-0.2, -0.15) is 18.2 Å². The molecule has 0 aliphatic carbocycles. The number of nitrogens with zero attached hydrogens (tertiary/aromatic N) is 5. The molecule has 0 radical (unpaired) electrons. The van der Waals surface area contributed by atoms with E-state index in [1.807, 2.05) is 0 Å². The summed E-state index contributed by atoms with van der Waals surface area (Å²) in [6, 6.07) is 4.51. The lowest BCUT2D eigenvalue weighted by Gasteiger charge is -2.14. The molecule has 8 nitrogen and oxygen atoms in total. The fourth-order valence-electron chi connectivity index (χ4n) is 4.07. The van der Waals surface area contributed by atoms with Crippen LogP contribution in [-0.2, 0) is 32.1 Å². The summed E-state index contributed by atoms with van der Waals surface area (Å²) >= 11 is 6.07. The van der Waals surface area contributed by atoms with Crippen LogP contribution < -0.4 is 11.2 Å². The molecule has 0 saturated carbocycles. The number of aryl methyl sites for hydroxylation is 1. The Kier molecular flexibility index (Phi) is 7.77. The molecule has 12 heteroatoms. The van der Waals surface area contributed by atoms with Crippen molar-refractivity contribution in [3.05, 3.63) is 62.1 Å². The third-order valence-corrected chi connectivity index (χ3v) is 6.20. The molecule has 36 heavy (non-hydrogen) atoms. The minimum Gasteiger partial charge on any atom is -0.339 e. The number of unbranched alkanes of at least 4 members (excludes halogenated alkanes) is 3. The molecule has 1 aliphatic rings. The first-order chi connectivity index (χ1) is 17.2. The summed E-state index contributed by atoms with van der Waals surface area (Å²) in [4.78, 5) is 34.5. The fourth-order valence-corrected chi connectivity index (χ4v) is 4.29. The van der Waals surface area contributed by atoms with Crippen molar-refractivity contribution in [3.63, 3.8) is 0 Å². The largest absolute Gasteiger partial charge is 0.416 e. The Morgan fingerprint density at radius 3 is 2.42 bits per heavy atom. The van der Waals surface area contributed by atoms with Gasteiger partial charge in [-0.25, -0.2) is 9.79 Å². The first-order valence-electron chi connectivity index (χ1n) is 11.8. The second-order valence-electron chi connectivity index (χ2n) is 8.61. The first-order valence-corrected chi connectivity index (χ1v) is 12.2. The van der Waals surface area contributed by atoms with Crippen molar-refractivity contribution in [1.82, 2.24) is 19.3 Å². The molecule has 1 aliphatic heterocycles. The molecule has 0 spiro atoms. The summed E-state index contributed by atoms with van der Waals surface area (Å²) < 4.78 is 46.2. The molecule has 2 aromatic heterocycles. The van der Waals surface area contributed by atoms with Crippen molar-refractivity contribution in [2.75, 3.05) is 0 Å². The summed E-state index contributed by atoms with van der Waals surface area (Å²) in [5.74, 6) is 0.882. The Labute approximate surface area is 209 Å². The Balaban J connectivity index is 1.40. The lowest BCUT2D eigenvalue weighted by atomic mass is 10.1. The van der Waals surface area contributed by atoms with E-state index in [2.05, 4.69) is 22.1 Å². The normalized spacial score (nSPS) is 13.2. The maximum Gasteiger partial charge on any atom is 0.416 e. The monoisotopic (exact) mass is 523 g/mol. The van der Waals surface area contributed by atoms with Gasteiger partial charge < -0.3 is 4.52 Å². The van der Waals surface area contributed by atoms with Gasteiger partial charge in [0, 0.05) is 31.5 Å². The quantitative estimate of drug-likeness (QED) is 0.344. The van der Waals surface area contributed by atoms with Crippen LogP contribution in [0.15, 0.2) is 43.4 Å². The minimum atomic E-state index is -4.42. The molecule has 0 atom stereocenters. The van der Waals surface area contributed by atoms with Crippen LogP contribution in [0, 0.1) is 0 Å². The molecular formula is C24H25ClF3N5O3. The molecule has 192 valence electrons. The average molecular weight is 524 g/mol. The zero-order valence-corrected chi connectivity index (χ0v) is 20.4. The molecule has 0 unspecified atom stereocenters. The first kappa shape index (κ1) is 25.9. The number of rotatable bonds is 10. The molecule has 1 aromatic carbocycles. The van der Waals surface area contributed by atoms with E-state index in [0.29, 0.717) is 53.8 Å². The summed E-state index contributed by atoms with van der Waals surface area (Å²) in [6.07, 6.45) is 0.0191. The molecule has 0 amide bonds. The number of hydrogen-bond acceptors (Lipinski definition) is 6. The molecule has 0 fully saturated rings. The lowest BCUT2D eigenvalue weighted by molar-refractivity contribution is -0.137. The van der Waals surface area contributed by atoms with Gasteiger partial charge in [0.15, 0.2) is 0 Å². The van der Waals surface area contributed by atoms with Gasteiger partial charge in [-0.3, -0.25) is 13.9 Å². The van der Waals surface area contributed by atoms with Gasteiger partial charge in [0.25, 0.3) is 5.56 Å². The highest BCUT2D eigenvalue weighted by atomic mass is 35.5. The van der Waals surface area contributed by atoms with Gasteiger partial charge in [-0.15, -0.1) is 0 Å². The van der Waals surface area contributed by atoms with Gasteiger partial charge in [0.2, 0.25) is 11.7 Å². The zero-order valence-electron chi connectivity index (χ0n) is 19.6. The van der Waals surface area contributed by atoms with E-state index >= 15 is 0 Å². The van der Waals surface area contributed by atoms with E-state index in [1.165, 1.54) is 21.3 Å². The van der Waals surface area contributed by atoms with E-state index in [-0.39, 0.29) is 24.3 Å². The molecule has 0 bridgehead atoms. The molecule has 0 saturated heterocycles. The topological polar surface area (TPSA) is 95.3 Å². The summed E-state index contributed by atoms with van der Waals surface area (Å²) in [7, 11) is 0. The summed E-state index contributed by atoms with van der Waals surface area (Å²) in [5, 5.41) is 4.13. The Hall–Kier alpha value is -3.21. The van der Waals surface area contributed by atoms with Crippen molar-refractivity contribution < 1.29 is 17.7 Å². The highest BCUT2D eigenvalue weighted by molar-refractivity contribution is 6.66. The second-order valence-corrected chi connectivity index (χ2v) is 9.05. The fraction of sp³-hybridized carbons (Fsp3) is 0.458. The summed E-state index contributed by atoms with van der Waals surface area (Å²) in [6.45, 7) is 2.76. The third-order valence-electron chi connectivity index (χ3n) is 5.99. The SMILES string of the molecule is CCCCCn1c2c(c(=O)n(CCCCc3nc(-c4ccc(C(F)(F)F)cc4)no3)c1=O)CC(Cl)=N2. The van der Waals surface area contributed by atoms with Crippen molar-refractivity contribution in [3.8, 4) is 11.4 Å². The van der Waals surface area contributed by atoms with Gasteiger partial charge in [0.05, 0.1) is 11.1 Å². The Bertz CT molecular complexity index is 1370. The average Bonchev–Trinajstić information content (AvgIpc) is 3.47. The third kappa shape index (κ3) is 5.61. The molecule has 0 N–H and O–H groups in total. The van der Waals surface area contributed by atoms with Crippen LogP contribution in [0.2, 0.25) is 0 Å². The predicted molar refractivity (Wildman–Crippen MR) is 129 cm³/mol. The maximum atomic E-state index is 13.1. The van der Waals surface area contributed by atoms with Gasteiger partial charge >= 0.3 is 11.9 Å². The van der Waals surface area contributed by atoms with E-state index in [9.17, 15) is 22.8 Å². The highest BCUT2D eigenvalue weighted by Crippen LogP contribution is 2.30. The van der Waals surface area contributed by atoms with Gasteiger partial charge in [-0.05, 0) is 31.4 Å². The van der Waals surface area contributed by atoms with Crippen LogP contribution in [0.3, 0.4) is 0 Å². The molecule has 3 aromatic rings.